The van der Waals surface area contributed by atoms with Crippen LogP contribution in [-0.2, 0) is 0 Å². The Labute approximate surface area is 94.7 Å². The van der Waals surface area contributed by atoms with Crippen LogP contribution in [-0.4, -0.2) is 16.7 Å². The number of aliphatic hydroxyl groups is 1. The summed E-state index contributed by atoms with van der Waals surface area (Å²) in [5, 5.41) is 9.97. The van der Waals surface area contributed by atoms with Gasteiger partial charge in [-0.05, 0) is 29.5 Å². The lowest BCUT2D eigenvalue weighted by Crippen LogP contribution is -2.11. The number of rotatable bonds is 3. The Morgan fingerprint density at radius 3 is 2.87 bits per heavy atom. The number of H-pyrrole nitrogens is 1. The molecule has 0 unspecified atom stereocenters. The van der Waals surface area contributed by atoms with E-state index < -0.39 is 0 Å². The van der Waals surface area contributed by atoms with Crippen LogP contribution in [0, 0.1) is 0 Å². The summed E-state index contributed by atoms with van der Waals surface area (Å²) in [6.07, 6.45) is 2.51. The highest BCUT2D eigenvalue weighted by Crippen LogP contribution is 2.19. The van der Waals surface area contributed by atoms with Gasteiger partial charge in [0.25, 0.3) is 0 Å². The minimum absolute atomic E-state index is 0. The van der Waals surface area contributed by atoms with Gasteiger partial charge >= 0.3 is 0 Å². The van der Waals surface area contributed by atoms with Crippen molar-refractivity contribution < 1.29 is 5.11 Å². The molecule has 1 aromatic heterocycles. The van der Waals surface area contributed by atoms with Crippen molar-refractivity contribution in [1.29, 1.82) is 0 Å². The lowest BCUT2D eigenvalue weighted by Gasteiger charge is -2.09. The number of halogens is 1. The zero-order valence-corrected chi connectivity index (χ0v) is 9.13. The van der Waals surface area contributed by atoms with Crippen LogP contribution >= 0.6 is 12.4 Å². The first kappa shape index (κ1) is 12.0. The van der Waals surface area contributed by atoms with Gasteiger partial charge in [-0.2, -0.15) is 0 Å². The molecular weight excluding hydrogens is 212 g/mol. The molecule has 15 heavy (non-hydrogen) atoms. The van der Waals surface area contributed by atoms with Gasteiger partial charge in [-0.3, -0.25) is 0 Å². The lowest BCUT2D eigenvalue weighted by atomic mass is 10.0. The number of hydrogen-bond donors (Lipinski definition) is 3. The van der Waals surface area contributed by atoms with E-state index in [-0.39, 0.29) is 25.1 Å². The first-order chi connectivity index (χ1) is 6.81. The first-order valence-electron chi connectivity index (χ1n) is 4.75. The summed E-state index contributed by atoms with van der Waals surface area (Å²) in [5.41, 5.74) is 8.05. The normalized spacial score (nSPS) is 12.4. The summed E-state index contributed by atoms with van der Waals surface area (Å²) >= 11 is 0. The molecule has 0 saturated carbocycles. The van der Waals surface area contributed by atoms with Gasteiger partial charge in [0.2, 0.25) is 0 Å². The number of fused-ring (bicyclic) bond motifs is 1. The molecular formula is C11H15ClN2O. The molecule has 1 atom stereocenters. The number of aromatic nitrogens is 1. The van der Waals surface area contributed by atoms with Crippen LogP contribution in [0.15, 0.2) is 30.5 Å². The highest BCUT2D eigenvalue weighted by Gasteiger charge is 2.05. The van der Waals surface area contributed by atoms with E-state index in [2.05, 4.69) is 4.98 Å². The van der Waals surface area contributed by atoms with Gasteiger partial charge in [0, 0.05) is 24.4 Å². The van der Waals surface area contributed by atoms with Crippen molar-refractivity contribution in [3.05, 3.63) is 36.0 Å². The molecule has 3 nitrogen and oxygen atoms in total. The van der Waals surface area contributed by atoms with Crippen molar-refractivity contribution in [2.24, 2.45) is 5.73 Å². The Bertz CT molecular complexity index is 427. The largest absolute Gasteiger partial charge is 0.396 e. The van der Waals surface area contributed by atoms with E-state index >= 15 is 0 Å². The third-order valence-corrected chi connectivity index (χ3v) is 2.45. The predicted molar refractivity (Wildman–Crippen MR) is 64.2 cm³/mol. The van der Waals surface area contributed by atoms with Crippen molar-refractivity contribution >= 4 is 23.3 Å². The Hall–Kier alpha value is -1.03. The Kier molecular flexibility index (Phi) is 4.15. The van der Waals surface area contributed by atoms with Crippen molar-refractivity contribution in [2.75, 3.05) is 6.61 Å². The van der Waals surface area contributed by atoms with Crippen molar-refractivity contribution in [3.8, 4) is 0 Å². The third kappa shape index (κ3) is 2.50. The van der Waals surface area contributed by atoms with Crippen molar-refractivity contribution in [1.82, 2.24) is 4.98 Å². The molecule has 82 valence electrons. The molecule has 4 heteroatoms. The number of hydrogen-bond acceptors (Lipinski definition) is 2. The van der Waals surface area contributed by atoms with Crippen LogP contribution < -0.4 is 5.73 Å². The third-order valence-electron chi connectivity index (χ3n) is 2.45. The molecule has 4 N–H and O–H groups in total. The topological polar surface area (TPSA) is 62.0 Å². The van der Waals surface area contributed by atoms with Crippen LogP contribution in [0.4, 0.5) is 0 Å². The van der Waals surface area contributed by atoms with Crippen LogP contribution in [0.25, 0.3) is 10.9 Å². The maximum Gasteiger partial charge on any atom is 0.0457 e. The summed E-state index contributed by atoms with van der Waals surface area (Å²) in [6, 6.07) is 8.04. The number of benzene rings is 1. The molecule has 0 aliphatic heterocycles. The Balaban J connectivity index is 0.00000112. The summed E-state index contributed by atoms with van der Waals surface area (Å²) in [6.45, 7) is 0.129. The monoisotopic (exact) mass is 226 g/mol. The molecule has 2 aromatic rings. The molecule has 0 spiro atoms. The molecule has 0 aliphatic carbocycles. The standard InChI is InChI=1S/C11H14N2O.ClH/c12-10(4-6-14)9-2-1-8-3-5-13-11(8)7-9;/h1-3,5,7,10,13-14H,4,6,12H2;1H/t10-;/m0./s1. The second-order valence-electron chi connectivity index (χ2n) is 3.44. The zero-order chi connectivity index (χ0) is 9.97. The maximum atomic E-state index is 8.78. The number of nitrogens with two attached hydrogens (primary N) is 1. The first-order valence-corrected chi connectivity index (χ1v) is 4.75. The Morgan fingerprint density at radius 1 is 1.33 bits per heavy atom. The van der Waals surface area contributed by atoms with E-state index in [0.717, 1.165) is 11.1 Å². The fourth-order valence-electron chi connectivity index (χ4n) is 1.60. The lowest BCUT2D eigenvalue weighted by molar-refractivity contribution is 0.276. The molecule has 1 heterocycles. The summed E-state index contributed by atoms with van der Waals surface area (Å²) in [4.78, 5) is 3.14. The van der Waals surface area contributed by atoms with Crippen LogP contribution in [0.2, 0.25) is 0 Å². The zero-order valence-electron chi connectivity index (χ0n) is 8.31. The van der Waals surface area contributed by atoms with Gasteiger partial charge in [-0.15, -0.1) is 12.4 Å². The number of aromatic amines is 1. The van der Waals surface area contributed by atoms with Gasteiger partial charge in [-0.1, -0.05) is 12.1 Å². The smallest absolute Gasteiger partial charge is 0.0457 e. The van der Waals surface area contributed by atoms with Crippen molar-refractivity contribution in [2.45, 2.75) is 12.5 Å². The second kappa shape index (κ2) is 5.16. The molecule has 0 radical (unpaired) electrons. The van der Waals surface area contributed by atoms with Crippen LogP contribution in [0.1, 0.15) is 18.0 Å². The minimum Gasteiger partial charge on any atom is -0.396 e. The minimum atomic E-state index is -0.0762. The Morgan fingerprint density at radius 2 is 2.13 bits per heavy atom. The SMILES string of the molecule is Cl.N[C@@H](CCO)c1ccc2cc[nH]c2c1. The maximum absolute atomic E-state index is 8.78. The van der Waals surface area contributed by atoms with Gasteiger partial charge in [0.1, 0.15) is 0 Å². The van der Waals surface area contributed by atoms with E-state index in [1.165, 1.54) is 5.39 Å². The van der Waals surface area contributed by atoms with Gasteiger partial charge in [-0.25, -0.2) is 0 Å². The highest BCUT2D eigenvalue weighted by molar-refractivity contribution is 5.85. The van der Waals surface area contributed by atoms with Crippen LogP contribution in [0.3, 0.4) is 0 Å². The average Bonchev–Trinajstić information content (AvgIpc) is 2.64. The second-order valence-corrected chi connectivity index (χ2v) is 3.44. The van der Waals surface area contributed by atoms with E-state index in [9.17, 15) is 0 Å². The van der Waals surface area contributed by atoms with E-state index in [0.29, 0.717) is 6.42 Å². The van der Waals surface area contributed by atoms with Crippen LogP contribution in [0.5, 0.6) is 0 Å². The molecule has 0 saturated heterocycles. The number of nitrogens with one attached hydrogen (secondary N) is 1. The highest BCUT2D eigenvalue weighted by atomic mass is 35.5. The fourth-order valence-corrected chi connectivity index (χ4v) is 1.60. The van der Waals surface area contributed by atoms with Gasteiger partial charge < -0.3 is 15.8 Å². The molecule has 2 rings (SSSR count). The van der Waals surface area contributed by atoms with Crippen molar-refractivity contribution in [3.63, 3.8) is 0 Å². The van der Waals surface area contributed by atoms with E-state index in [1.807, 2.05) is 30.5 Å². The van der Waals surface area contributed by atoms with Gasteiger partial charge in [0.15, 0.2) is 0 Å². The molecule has 1 aromatic carbocycles. The molecule has 0 fully saturated rings. The van der Waals surface area contributed by atoms with Gasteiger partial charge in [0.05, 0.1) is 0 Å². The molecule has 0 bridgehead atoms. The quantitative estimate of drug-likeness (QED) is 0.750. The summed E-state index contributed by atoms with van der Waals surface area (Å²) < 4.78 is 0. The summed E-state index contributed by atoms with van der Waals surface area (Å²) in [5.74, 6) is 0. The number of aliphatic hydroxyl groups excluding tert-OH is 1. The predicted octanol–water partition coefficient (Wildman–Crippen LogP) is 1.97. The van der Waals surface area contributed by atoms with E-state index in [4.69, 9.17) is 10.8 Å². The van der Waals surface area contributed by atoms with E-state index in [1.54, 1.807) is 0 Å². The average molecular weight is 227 g/mol. The summed E-state index contributed by atoms with van der Waals surface area (Å²) in [7, 11) is 0. The molecule has 0 aliphatic rings. The molecule has 0 amide bonds. The fraction of sp³-hybridized carbons (Fsp3) is 0.273.